The molecule has 4 heterocycles. The zero-order valence-corrected chi connectivity index (χ0v) is 22.9. The van der Waals surface area contributed by atoms with Crippen molar-refractivity contribution in [2.75, 3.05) is 24.3 Å². The van der Waals surface area contributed by atoms with Crippen LogP contribution in [0.15, 0.2) is 41.5 Å². The first-order valence-electron chi connectivity index (χ1n) is 12.8. The van der Waals surface area contributed by atoms with Crippen molar-refractivity contribution in [1.29, 1.82) is 0 Å². The number of hydrogen-bond acceptors (Lipinski definition) is 9. The van der Waals surface area contributed by atoms with Gasteiger partial charge in [0.25, 0.3) is 11.8 Å². The van der Waals surface area contributed by atoms with Gasteiger partial charge in [0.2, 0.25) is 17.5 Å². The highest BCUT2D eigenvalue weighted by atomic mass is 16.5. The Kier molecular flexibility index (Phi) is 5.43. The molecule has 2 aliphatic heterocycles. The van der Waals surface area contributed by atoms with E-state index in [1.165, 1.54) is 48.8 Å². The van der Waals surface area contributed by atoms with Crippen LogP contribution in [0.2, 0.25) is 0 Å². The number of rotatable bonds is 5. The molecule has 6 rings (SSSR count). The van der Waals surface area contributed by atoms with Crippen molar-refractivity contribution in [3.05, 3.63) is 53.0 Å². The zero-order chi connectivity index (χ0) is 29.6. The van der Waals surface area contributed by atoms with E-state index < -0.39 is 40.3 Å². The predicted octanol–water partition coefficient (Wildman–Crippen LogP) is 0.256. The van der Waals surface area contributed by atoms with Gasteiger partial charge < -0.3 is 34.7 Å². The number of hydrogen-bond donors (Lipinski definition) is 3. The third-order valence-corrected chi connectivity index (χ3v) is 8.23. The van der Waals surface area contributed by atoms with Gasteiger partial charge in [-0.05, 0) is 25.3 Å². The van der Waals surface area contributed by atoms with Gasteiger partial charge in [0.1, 0.15) is 5.69 Å². The third kappa shape index (κ3) is 3.59. The molecule has 1 saturated carbocycles. The second-order valence-electron chi connectivity index (χ2n) is 10.9. The molecule has 3 amide bonds. The number of ketones is 2. The number of allylic oxidation sites excluding steroid dienone is 2. The normalized spacial score (nSPS) is 25.6. The zero-order valence-electron chi connectivity index (χ0n) is 22.9. The summed E-state index contributed by atoms with van der Waals surface area (Å²) < 4.78 is 7.84. The van der Waals surface area contributed by atoms with Crippen LogP contribution in [0, 0.1) is 11.3 Å². The maximum atomic E-state index is 13.8. The highest BCUT2D eigenvalue weighted by molar-refractivity contribution is 6.26. The number of aryl methyl sites for hydroxylation is 2. The molecule has 2 aromatic rings. The van der Waals surface area contributed by atoms with Crippen LogP contribution in [0.5, 0.6) is 0 Å². The summed E-state index contributed by atoms with van der Waals surface area (Å²) in [4.78, 5) is 82.7. The minimum absolute atomic E-state index is 0.0517. The van der Waals surface area contributed by atoms with E-state index in [0.717, 1.165) is 0 Å². The summed E-state index contributed by atoms with van der Waals surface area (Å²) in [5.41, 5.74) is -1.18. The van der Waals surface area contributed by atoms with Crippen LogP contribution >= 0.6 is 0 Å². The summed E-state index contributed by atoms with van der Waals surface area (Å²) >= 11 is 0. The lowest BCUT2D eigenvalue weighted by molar-refractivity contribution is -0.150. The van der Waals surface area contributed by atoms with E-state index in [1.807, 2.05) is 0 Å². The summed E-state index contributed by atoms with van der Waals surface area (Å²) in [5, 5.41) is 8.04. The minimum Gasteiger partial charge on any atom is -0.467 e. The highest BCUT2D eigenvalue weighted by Crippen LogP contribution is 2.70. The molecule has 0 aromatic carbocycles. The van der Waals surface area contributed by atoms with Gasteiger partial charge in [0.05, 0.1) is 18.5 Å². The van der Waals surface area contributed by atoms with Crippen LogP contribution in [-0.2, 0) is 38.0 Å². The van der Waals surface area contributed by atoms with Crippen molar-refractivity contribution in [2.24, 2.45) is 25.4 Å². The largest absolute Gasteiger partial charge is 0.467 e. The number of nitrogens with zero attached hydrogens (tertiary/aromatic N) is 4. The van der Waals surface area contributed by atoms with Gasteiger partial charge in [-0.2, -0.15) is 0 Å². The van der Waals surface area contributed by atoms with E-state index in [-0.39, 0.29) is 40.4 Å². The molecular weight excluding hydrogens is 534 g/mol. The number of methoxy groups -OCH3 is 1. The molecule has 4 aliphatic rings. The molecule has 1 saturated heterocycles. The fourth-order valence-electron chi connectivity index (χ4n) is 6.23. The molecule has 3 atom stereocenters. The molecule has 41 heavy (non-hydrogen) atoms. The first-order valence-corrected chi connectivity index (χ1v) is 12.8. The minimum atomic E-state index is -1.71. The second kappa shape index (κ2) is 8.49. The van der Waals surface area contributed by atoms with Crippen molar-refractivity contribution in [3.63, 3.8) is 0 Å². The van der Waals surface area contributed by atoms with Gasteiger partial charge in [-0.15, -0.1) is 0 Å². The van der Waals surface area contributed by atoms with E-state index in [0.29, 0.717) is 24.4 Å². The lowest BCUT2D eigenvalue weighted by atomic mass is 9.80. The lowest BCUT2D eigenvalue weighted by Gasteiger charge is -2.28. The van der Waals surface area contributed by atoms with Gasteiger partial charge in [-0.3, -0.25) is 24.0 Å². The third-order valence-electron chi connectivity index (χ3n) is 8.23. The monoisotopic (exact) mass is 561 g/mol. The van der Waals surface area contributed by atoms with Crippen molar-refractivity contribution in [2.45, 2.75) is 25.8 Å². The highest BCUT2D eigenvalue weighted by Gasteiger charge is 2.73. The van der Waals surface area contributed by atoms with E-state index in [1.54, 1.807) is 24.9 Å². The van der Waals surface area contributed by atoms with Crippen molar-refractivity contribution >= 4 is 46.8 Å². The lowest BCUT2D eigenvalue weighted by Crippen LogP contribution is -2.52. The van der Waals surface area contributed by atoms with E-state index >= 15 is 0 Å². The van der Waals surface area contributed by atoms with Crippen LogP contribution in [-0.4, -0.2) is 73.5 Å². The molecule has 14 heteroatoms. The average Bonchev–Trinajstić information content (AvgIpc) is 3.18. The first kappa shape index (κ1) is 26.2. The Morgan fingerprint density at radius 3 is 2.54 bits per heavy atom. The Bertz CT molecular complexity index is 1690. The number of nitrogens with one attached hydrogen (secondary N) is 3. The van der Waals surface area contributed by atoms with Crippen LogP contribution < -0.4 is 16.0 Å². The van der Waals surface area contributed by atoms with Crippen molar-refractivity contribution in [3.8, 4) is 0 Å². The number of imidazole rings is 1. The first-order chi connectivity index (χ1) is 19.3. The van der Waals surface area contributed by atoms with Gasteiger partial charge in [0.15, 0.2) is 17.1 Å². The summed E-state index contributed by atoms with van der Waals surface area (Å²) in [6.07, 6.45) is 5.02. The van der Waals surface area contributed by atoms with Crippen LogP contribution in [0.3, 0.4) is 0 Å². The maximum absolute atomic E-state index is 13.8. The number of carbonyl (C=O) groups excluding carboxylic acids is 6. The second-order valence-corrected chi connectivity index (χ2v) is 10.9. The van der Waals surface area contributed by atoms with E-state index in [4.69, 9.17) is 4.74 Å². The molecule has 2 aliphatic carbocycles. The Balaban J connectivity index is 1.24. The average molecular weight is 562 g/mol. The number of piperidine rings is 1. The van der Waals surface area contributed by atoms with Gasteiger partial charge in [0, 0.05) is 62.7 Å². The topological polar surface area (TPSA) is 174 Å². The number of ether oxygens (including phenoxy) is 1. The Morgan fingerprint density at radius 2 is 1.85 bits per heavy atom. The molecule has 14 nitrogen and oxygen atoms in total. The number of esters is 1. The molecule has 0 unspecified atom stereocenters. The number of carbonyl (C=O) groups is 6. The van der Waals surface area contributed by atoms with Crippen LogP contribution in [0.1, 0.15) is 41.4 Å². The number of Topliss-reactive ketones (excluding diaryl/α,β-unsaturated/α-hetero) is 1. The molecule has 3 N–H and O–H groups in total. The number of amides is 3. The maximum Gasteiger partial charge on any atom is 0.339 e. The molecular formula is C27H27N7O7. The molecule has 2 aromatic heterocycles. The Hall–Kier alpha value is -5.01. The van der Waals surface area contributed by atoms with Crippen LogP contribution in [0.25, 0.3) is 0 Å². The van der Waals surface area contributed by atoms with Gasteiger partial charge in [-0.1, -0.05) is 0 Å². The van der Waals surface area contributed by atoms with E-state index in [9.17, 15) is 28.8 Å². The molecule has 2 fully saturated rings. The molecule has 0 radical (unpaired) electrons. The van der Waals surface area contributed by atoms with Gasteiger partial charge in [-0.25, -0.2) is 9.78 Å². The molecule has 0 bridgehead atoms. The SMILES string of the molecule is COC(=O)[C@]1(C)NC2=C(C1=O)[C@@]13C[C@@H]1CN(C(=O)c1cc(NC(=O)c4nc(NC(C)=O)cn4C)cn1C)C3=CC2=O. The van der Waals surface area contributed by atoms with Gasteiger partial charge >= 0.3 is 5.97 Å². The standard InChI is InChI=1S/C27H27N7O7/c1-12(35)28-18-11-33(4)22(30-18)23(38)29-14-6-15(32(3)10-14)24(39)34-9-13-8-27(13)17(34)7-16(36)20-19(27)21(37)26(2,31-20)25(40)41-5/h6-7,10-11,13,31H,8-9H2,1-5H3,(H,28,35)(H,29,38)/t13-,26-,27+/m1/s1. The summed E-state index contributed by atoms with van der Waals surface area (Å²) in [6, 6.07) is 1.51. The van der Waals surface area contributed by atoms with E-state index in [2.05, 4.69) is 20.9 Å². The van der Waals surface area contributed by atoms with Crippen molar-refractivity contribution in [1.82, 2.24) is 24.3 Å². The summed E-state index contributed by atoms with van der Waals surface area (Å²) in [7, 11) is 4.44. The predicted molar refractivity (Wildman–Crippen MR) is 141 cm³/mol. The Labute approximate surface area is 233 Å². The fraction of sp³-hybridized carbons (Fsp3) is 0.370. The summed E-state index contributed by atoms with van der Waals surface area (Å²) in [6.45, 7) is 3.02. The fourth-order valence-corrected chi connectivity index (χ4v) is 6.23. The number of anilines is 2. The summed E-state index contributed by atoms with van der Waals surface area (Å²) in [5.74, 6) is -2.87. The van der Waals surface area contributed by atoms with Crippen LogP contribution in [0.4, 0.5) is 11.5 Å². The molecule has 212 valence electrons. The smallest absolute Gasteiger partial charge is 0.339 e. The molecule has 1 spiro atoms. The quantitative estimate of drug-likeness (QED) is 0.342. The number of aromatic nitrogens is 3. The number of likely N-dealkylation sites (tertiary alicyclic amines) is 1. The van der Waals surface area contributed by atoms with Crippen molar-refractivity contribution < 1.29 is 33.5 Å². The Morgan fingerprint density at radius 1 is 1.12 bits per heavy atom.